The maximum atomic E-state index is 9.21. The van der Waals surface area contributed by atoms with Gasteiger partial charge in [-0.15, -0.1) is 0 Å². The second kappa shape index (κ2) is 3.30. The third-order valence-electron chi connectivity index (χ3n) is 1.83. The molecule has 1 aliphatic rings. The summed E-state index contributed by atoms with van der Waals surface area (Å²) in [5.41, 5.74) is 5.50. The van der Waals surface area contributed by atoms with Crippen LogP contribution in [0.3, 0.4) is 0 Å². The quantitative estimate of drug-likeness (QED) is 0.319. The first-order chi connectivity index (χ1) is 4.72. The van der Waals surface area contributed by atoms with Crippen LogP contribution in [0.5, 0.6) is 0 Å². The van der Waals surface area contributed by atoms with Crippen LogP contribution >= 0.6 is 0 Å². The molecule has 0 spiro atoms. The van der Waals surface area contributed by atoms with Crippen LogP contribution in [0.25, 0.3) is 0 Å². The summed E-state index contributed by atoms with van der Waals surface area (Å²) in [6, 6.07) is -0.336. The summed E-state index contributed by atoms with van der Waals surface area (Å²) >= 11 is 0. The molecule has 60 valence electrons. The van der Waals surface area contributed by atoms with Crippen molar-refractivity contribution in [3.8, 4) is 0 Å². The summed E-state index contributed by atoms with van der Waals surface area (Å²) in [5.74, 6) is 0. The van der Waals surface area contributed by atoms with E-state index >= 15 is 0 Å². The Balaban J connectivity index is 2.46. The Hall–Kier alpha value is -0.160. The molecule has 0 aromatic heterocycles. The molecule has 0 amide bonds. The standard InChI is InChI=1S/C6H14N2O2/c7-4-3-8-2-1-5(9)6(4)10/h4-6,8-10H,1-3,7H2/t4-,5+,6-/m0/s1. The van der Waals surface area contributed by atoms with Crippen molar-refractivity contribution in [2.24, 2.45) is 5.73 Å². The van der Waals surface area contributed by atoms with Gasteiger partial charge < -0.3 is 21.3 Å². The lowest BCUT2D eigenvalue weighted by Crippen LogP contribution is -2.45. The van der Waals surface area contributed by atoms with Crippen LogP contribution in [0.1, 0.15) is 6.42 Å². The van der Waals surface area contributed by atoms with Gasteiger partial charge in [-0.05, 0) is 13.0 Å². The fourth-order valence-corrected chi connectivity index (χ4v) is 1.10. The molecule has 0 aromatic rings. The van der Waals surface area contributed by atoms with Gasteiger partial charge in [-0.3, -0.25) is 0 Å². The monoisotopic (exact) mass is 146 g/mol. The molecule has 0 bridgehead atoms. The Kier molecular flexibility index (Phi) is 2.62. The van der Waals surface area contributed by atoms with Gasteiger partial charge in [0.15, 0.2) is 0 Å². The smallest absolute Gasteiger partial charge is 0.0962 e. The zero-order valence-electron chi connectivity index (χ0n) is 5.83. The Bertz CT molecular complexity index is 97.9. The first-order valence-electron chi connectivity index (χ1n) is 3.54. The lowest BCUT2D eigenvalue weighted by atomic mass is 10.1. The van der Waals surface area contributed by atoms with Gasteiger partial charge in [-0.1, -0.05) is 0 Å². The molecule has 1 rings (SSSR count). The fourth-order valence-electron chi connectivity index (χ4n) is 1.10. The van der Waals surface area contributed by atoms with Crippen LogP contribution < -0.4 is 11.1 Å². The number of aliphatic hydroxyl groups excluding tert-OH is 2. The molecule has 1 aliphatic heterocycles. The molecular weight excluding hydrogens is 132 g/mol. The van der Waals surface area contributed by atoms with Crippen LogP contribution in [-0.4, -0.2) is 41.6 Å². The van der Waals surface area contributed by atoms with Crippen LogP contribution in [-0.2, 0) is 0 Å². The molecule has 1 saturated heterocycles. The normalized spacial score (nSPS) is 42.9. The minimum Gasteiger partial charge on any atom is -0.390 e. The first kappa shape index (κ1) is 7.94. The zero-order chi connectivity index (χ0) is 7.56. The molecule has 0 aliphatic carbocycles. The lowest BCUT2D eigenvalue weighted by molar-refractivity contribution is 0.00901. The van der Waals surface area contributed by atoms with E-state index in [9.17, 15) is 5.11 Å². The first-order valence-corrected chi connectivity index (χ1v) is 3.54. The number of hydrogen-bond donors (Lipinski definition) is 4. The van der Waals surface area contributed by atoms with E-state index in [0.717, 1.165) is 6.54 Å². The number of rotatable bonds is 0. The molecule has 1 heterocycles. The van der Waals surface area contributed by atoms with E-state index in [0.29, 0.717) is 13.0 Å². The maximum absolute atomic E-state index is 9.21. The molecule has 0 unspecified atom stereocenters. The Labute approximate surface area is 60.0 Å². The minimum atomic E-state index is -0.769. The molecule has 3 atom stereocenters. The van der Waals surface area contributed by atoms with Crippen LogP contribution in [0.4, 0.5) is 0 Å². The van der Waals surface area contributed by atoms with E-state index in [1.54, 1.807) is 0 Å². The molecule has 0 saturated carbocycles. The SMILES string of the molecule is N[C@H]1CNCC[C@@H](O)[C@H]1O. The number of hydrogen-bond acceptors (Lipinski definition) is 4. The third kappa shape index (κ3) is 1.67. The van der Waals surface area contributed by atoms with Crippen molar-refractivity contribution >= 4 is 0 Å². The minimum absolute atomic E-state index is 0.336. The van der Waals surface area contributed by atoms with Crippen molar-refractivity contribution in [2.75, 3.05) is 13.1 Å². The van der Waals surface area contributed by atoms with E-state index in [2.05, 4.69) is 5.32 Å². The van der Waals surface area contributed by atoms with E-state index in [-0.39, 0.29) is 6.04 Å². The van der Waals surface area contributed by atoms with E-state index in [4.69, 9.17) is 10.8 Å². The third-order valence-corrected chi connectivity index (χ3v) is 1.83. The van der Waals surface area contributed by atoms with Crippen molar-refractivity contribution in [1.29, 1.82) is 0 Å². The number of aliphatic hydroxyl groups is 2. The molecule has 0 radical (unpaired) electrons. The predicted molar refractivity (Wildman–Crippen MR) is 37.5 cm³/mol. The van der Waals surface area contributed by atoms with Crippen molar-refractivity contribution in [1.82, 2.24) is 5.32 Å². The summed E-state index contributed by atoms with van der Waals surface area (Å²) < 4.78 is 0. The highest BCUT2D eigenvalue weighted by Gasteiger charge is 2.25. The molecule has 10 heavy (non-hydrogen) atoms. The molecule has 1 fully saturated rings. The van der Waals surface area contributed by atoms with Crippen LogP contribution in [0, 0.1) is 0 Å². The highest BCUT2D eigenvalue weighted by atomic mass is 16.3. The molecular formula is C6H14N2O2. The van der Waals surface area contributed by atoms with Crippen LogP contribution in [0.15, 0.2) is 0 Å². The van der Waals surface area contributed by atoms with Crippen molar-refractivity contribution < 1.29 is 10.2 Å². The fraction of sp³-hybridized carbons (Fsp3) is 1.00. The summed E-state index contributed by atoms with van der Waals surface area (Å²) in [7, 11) is 0. The molecule has 4 nitrogen and oxygen atoms in total. The van der Waals surface area contributed by atoms with Crippen molar-refractivity contribution in [2.45, 2.75) is 24.7 Å². The van der Waals surface area contributed by atoms with Gasteiger partial charge in [0.2, 0.25) is 0 Å². The van der Waals surface area contributed by atoms with Gasteiger partial charge >= 0.3 is 0 Å². The van der Waals surface area contributed by atoms with Gasteiger partial charge in [0.05, 0.1) is 12.2 Å². The largest absolute Gasteiger partial charge is 0.390 e. The molecule has 4 heteroatoms. The van der Waals surface area contributed by atoms with E-state index in [1.807, 2.05) is 0 Å². The van der Waals surface area contributed by atoms with Gasteiger partial charge in [0.1, 0.15) is 0 Å². The Morgan fingerprint density at radius 1 is 1.40 bits per heavy atom. The molecule has 0 aromatic carbocycles. The average molecular weight is 146 g/mol. The second-order valence-corrected chi connectivity index (χ2v) is 2.71. The summed E-state index contributed by atoms with van der Waals surface area (Å²) in [6.45, 7) is 1.31. The topological polar surface area (TPSA) is 78.5 Å². The van der Waals surface area contributed by atoms with Gasteiger partial charge in [0, 0.05) is 12.6 Å². The summed E-state index contributed by atoms with van der Waals surface area (Å²) in [4.78, 5) is 0. The highest BCUT2D eigenvalue weighted by molar-refractivity contribution is 4.83. The molecule has 5 N–H and O–H groups in total. The lowest BCUT2D eigenvalue weighted by Gasteiger charge is -2.18. The Morgan fingerprint density at radius 3 is 2.80 bits per heavy atom. The number of nitrogens with two attached hydrogens (primary N) is 1. The zero-order valence-corrected chi connectivity index (χ0v) is 5.83. The maximum Gasteiger partial charge on any atom is 0.0962 e. The predicted octanol–water partition coefficient (Wildman–Crippen LogP) is -1.97. The van der Waals surface area contributed by atoms with Crippen molar-refractivity contribution in [3.63, 3.8) is 0 Å². The second-order valence-electron chi connectivity index (χ2n) is 2.71. The van der Waals surface area contributed by atoms with Crippen LogP contribution in [0.2, 0.25) is 0 Å². The average Bonchev–Trinajstić information content (AvgIpc) is 2.04. The van der Waals surface area contributed by atoms with Crippen molar-refractivity contribution in [3.05, 3.63) is 0 Å². The highest BCUT2D eigenvalue weighted by Crippen LogP contribution is 2.04. The number of nitrogens with one attached hydrogen (secondary N) is 1. The van der Waals surface area contributed by atoms with E-state index in [1.165, 1.54) is 0 Å². The van der Waals surface area contributed by atoms with Gasteiger partial charge in [-0.2, -0.15) is 0 Å². The summed E-state index contributed by atoms with van der Waals surface area (Å²) in [5, 5.41) is 21.4. The Morgan fingerprint density at radius 2 is 2.10 bits per heavy atom. The van der Waals surface area contributed by atoms with E-state index < -0.39 is 12.2 Å². The van der Waals surface area contributed by atoms with Gasteiger partial charge in [-0.25, -0.2) is 0 Å². The summed E-state index contributed by atoms with van der Waals surface area (Å²) in [6.07, 6.45) is -0.852. The van der Waals surface area contributed by atoms with Gasteiger partial charge in [0.25, 0.3) is 0 Å².